The summed E-state index contributed by atoms with van der Waals surface area (Å²) < 4.78 is 4.99. The molecule has 100 valence electrons. The van der Waals surface area contributed by atoms with E-state index in [-0.39, 0.29) is 0 Å². The van der Waals surface area contributed by atoms with E-state index in [0.717, 1.165) is 12.2 Å². The molecule has 2 unspecified atom stereocenters. The van der Waals surface area contributed by atoms with Gasteiger partial charge in [-0.05, 0) is 29.9 Å². The highest BCUT2D eigenvalue weighted by molar-refractivity contribution is 5.34. The van der Waals surface area contributed by atoms with Crippen molar-refractivity contribution in [3.05, 3.63) is 47.1 Å². The molecule has 1 aliphatic carbocycles. The average Bonchev–Trinajstić information content (AvgIpc) is 2.84. The molecule has 0 amide bonds. The molecule has 0 saturated heterocycles. The summed E-state index contributed by atoms with van der Waals surface area (Å²) in [5, 5.41) is 7.47. The lowest BCUT2D eigenvalue weighted by molar-refractivity contribution is 0.378. The average molecular weight is 257 g/mol. The topological polar surface area (TPSA) is 51.0 Å². The molecule has 4 nitrogen and oxygen atoms in total. The van der Waals surface area contributed by atoms with Crippen LogP contribution in [-0.2, 0) is 6.54 Å². The molecule has 1 aliphatic rings. The second-order valence-electron chi connectivity index (χ2n) is 5.27. The number of nitrogens with one attached hydrogen (secondary N) is 1. The smallest absolute Gasteiger partial charge is 0.223 e. The van der Waals surface area contributed by atoms with Gasteiger partial charge in [0.15, 0.2) is 5.82 Å². The van der Waals surface area contributed by atoms with Gasteiger partial charge in [-0.1, -0.05) is 36.3 Å². The lowest BCUT2D eigenvalue weighted by Gasteiger charge is -2.30. The highest BCUT2D eigenvalue weighted by Crippen LogP contribution is 2.36. The van der Waals surface area contributed by atoms with Crippen molar-refractivity contribution in [1.82, 2.24) is 15.5 Å². The molecule has 0 bridgehead atoms. The Morgan fingerprint density at radius 3 is 2.79 bits per heavy atom. The van der Waals surface area contributed by atoms with E-state index in [1.807, 2.05) is 6.92 Å². The number of hydrogen-bond acceptors (Lipinski definition) is 4. The monoisotopic (exact) mass is 257 g/mol. The number of benzene rings is 1. The van der Waals surface area contributed by atoms with Crippen LogP contribution in [0.4, 0.5) is 0 Å². The first-order valence-corrected chi connectivity index (χ1v) is 6.85. The van der Waals surface area contributed by atoms with E-state index in [0.29, 0.717) is 24.4 Å². The van der Waals surface area contributed by atoms with Crippen LogP contribution in [-0.4, -0.2) is 10.1 Å². The predicted molar refractivity (Wildman–Crippen MR) is 72.7 cm³/mol. The zero-order valence-corrected chi connectivity index (χ0v) is 11.4. The molecule has 2 atom stereocenters. The fourth-order valence-corrected chi connectivity index (χ4v) is 2.84. The third-order valence-corrected chi connectivity index (χ3v) is 3.87. The first-order chi connectivity index (χ1) is 9.24. The quantitative estimate of drug-likeness (QED) is 0.918. The minimum atomic E-state index is 0.395. The first-order valence-electron chi connectivity index (χ1n) is 6.85. The molecular weight excluding hydrogens is 238 g/mol. The molecule has 1 aromatic heterocycles. The van der Waals surface area contributed by atoms with Crippen molar-refractivity contribution in [2.75, 3.05) is 0 Å². The van der Waals surface area contributed by atoms with Crippen molar-refractivity contribution < 1.29 is 4.52 Å². The third kappa shape index (κ3) is 2.54. The molecule has 0 fully saturated rings. The Labute approximate surface area is 113 Å². The van der Waals surface area contributed by atoms with E-state index < -0.39 is 0 Å². The van der Waals surface area contributed by atoms with Crippen LogP contribution in [0.3, 0.4) is 0 Å². The third-order valence-electron chi connectivity index (χ3n) is 3.87. The zero-order chi connectivity index (χ0) is 13.2. The Morgan fingerprint density at radius 1 is 1.26 bits per heavy atom. The largest absolute Gasteiger partial charge is 0.340 e. The normalized spacial score (nSPS) is 22.2. The summed E-state index contributed by atoms with van der Waals surface area (Å²) >= 11 is 0. The number of aromatic nitrogens is 2. The van der Waals surface area contributed by atoms with Gasteiger partial charge < -0.3 is 9.84 Å². The Balaban J connectivity index is 1.74. The van der Waals surface area contributed by atoms with E-state index in [1.54, 1.807) is 0 Å². The van der Waals surface area contributed by atoms with Crippen LogP contribution in [0.25, 0.3) is 0 Å². The van der Waals surface area contributed by atoms with Gasteiger partial charge in [0.2, 0.25) is 5.89 Å². The molecule has 4 heteroatoms. The van der Waals surface area contributed by atoms with Crippen molar-refractivity contribution in [1.29, 1.82) is 0 Å². The van der Waals surface area contributed by atoms with E-state index in [9.17, 15) is 0 Å². The summed E-state index contributed by atoms with van der Waals surface area (Å²) in [5.74, 6) is 2.00. The first kappa shape index (κ1) is 12.4. The van der Waals surface area contributed by atoms with Crippen molar-refractivity contribution >= 4 is 0 Å². The lowest BCUT2D eigenvalue weighted by atomic mass is 9.81. The second-order valence-corrected chi connectivity index (χ2v) is 5.27. The maximum Gasteiger partial charge on any atom is 0.223 e. The van der Waals surface area contributed by atoms with Crippen LogP contribution in [0, 0.1) is 6.92 Å². The second kappa shape index (κ2) is 5.13. The van der Waals surface area contributed by atoms with Crippen LogP contribution < -0.4 is 5.32 Å². The van der Waals surface area contributed by atoms with Crippen LogP contribution >= 0.6 is 0 Å². The maximum absolute atomic E-state index is 4.99. The van der Waals surface area contributed by atoms with Crippen molar-refractivity contribution in [2.45, 2.75) is 45.2 Å². The summed E-state index contributed by atoms with van der Waals surface area (Å²) in [7, 11) is 0. The summed E-state index contributed by atoms with van der Waals surface area (Å²) in [4.78, 5) is 4.23. The van der Waals surface area contributed by atoms with Gasteiger partial charge in [-0.15, -0.1) is 0 Å². The van der Waals surface area contributed by atoms with Crippen LogP contribution in [0.2, 0.25) is 0 Å². The molecule has 0 saturated carbocycles. The molecule has 1 heterocycles. The molecule has 2 aromatic rings. The summed E-state index contributed by atoms with van der Waals surface area (Å²) in [6.07, 6.45) is 2.38. The molecule has 3 rings (SSSR count). The van der Waals surface area contributed by atoms with Gasteiger partial charge in [0.25, 0.3) is 0 Å². The highest BCUT2D eigenvalue weighted by atomic mass is 16.5. The summed E-state index contributed by atoms with van der Waals surface area (Å²) in [6, 6.07) is 9.10. The fourth-order valence-electron chi connectivity index (χ4n) is 2.84. The van der Waals surface area contributed by atoms with Gasteiger partial charge in [-0.2, -0.15) is 4.98 Å². The molecule has 1 aromatic carbocycles. The maximum atomic E-state index is 4.99. The van der Waals surface area contributed by atoms with Gasteiger partial charge in [-0.25, -0.2) is 0 Å². The van der Waals surface area contributed by atoms with Gasteiger partial charge in [0.05, 0.1) is 6.54 Å². The summed E-state index contributed by atoms with van der Waals surface area (Å²) in [6.45, 7) is 4.77. The number of aryl methyl sites for hydroxylation is 1. The Bertz CT molecular complexity index is 564. The molecule has 0 radical (unpaired) electrons. The van der Waals surface area contributed by atoms with Crippen molar-refractivity contribution in [3.63, 3.8) is 0 Å². The number of rotatable bonds is 3. The van der Waals surface area contributed by atoms with E-state index in [1.165, 1.54) is 17.5 Å². The minimum Gasteiger partial charge on any atom is -0.340 e. The Kier molecular flexibility index (Phi) is 3.34. The Morgan fingerprint density at radius 2 is 2.05 bits per heavy atom. The molecule has 1 N–H and O–H groups in total. The van der Waals surface area contributed by atoms with E-state index in [2.05, 4.69) is 46.6 Å². The Hall–Kier alpha value is -1.68. The number of nitrogens with zero attached hydrogens (tertiary/aromatic N) is 2. The number of fused-ring (bicyclic) bond motifs is 1. The molecule has 0 spiro atoms. The fraction of sp³-hybridized carbons (Fsp3) is 0.467. The standard InChI is InChI=1S/C15H19N3O/c1-10-7-8-14(13-6-4-3-5-12(10)13)16-9-15-17-11(2)19-18-15/h3-6,10,14,16H,7-9H2,1-2H3. The van der Waals surface area contributed by atoms with Crippen molar-refractivity contribution in [3.8, 4) is 0 Å². The predicted octanol–water partition coefficient (Wildman–Crippen LogP) is 3.11. The van der Waals surface area contributed by atoms with E-state index >= 15 is 0 Å². The molecule has 19 heavy (non-hydrogen) atoms. The number of hydrogen-bond donors (Lipinski definition) is 1. The lowest BCUT2D eigenvalue weighted by Crippen LogP contribution is -2.26. The minimum absolute atomic E-state index is 0.395. The van der Waals surface area contributed by atoms with Crippen molar-refractivity contribution in [2.24, 2.45) is 0 Å². The van der Waals surface area contributed by atoms with Gasteiger partial charge in [0, 0.05) is 13.0 Å². The van der Waals surface area contributed by atoms with Gasteiger partial charge in [0.1, 0.15) is 0 Å². The van der Waals surface area contributed by atoms with Crippen LogP contribution in [0.5, 0.6) is 0 Å². The summed E-state index contributed by atoms with van der Waals surface area (Å²) in [5.41, 5.74) is 2.89. The molecular formula is C15H19N3O. The zero-order valence-electron chi connectivity index (χ0n) is 11.4. The SMILES string of the molecule is Cc1nc(CNC2CCC(C)c3ccccc32)no1. The molecule has 0 aliphatic heterocycles. The van der Waals surface area contributed by atoms with E-state index in [4.69, 9.17) is 4.52 Å². The highest BCUT2D eigenvalue weighted by Gasteiger charge is 2.24. The van der Waals surface area contributed by atoms with Gasteiger partial charge >= 0.3 is 0 Å². The van der Waals surface area contributed by atoms with Crippen LogP contribution in [0.1, 0.15) is 54.6 Å². The van der Waals surface area contributed by atoms with Gasteiger partial charge in [-0.3, -0.25) is 0 Å². The van der Waals surface area contributed by atoms with Crippen LogP contribution in [0.15, 0.2) is 28.8 Å².